The highest BCUT2D eigenvalue weighted by Crippen LogP contribution is 2.62. The number of benzene rings is 2. The highest BCUT2D eigenvalue weighted by molar-refractivity contribution is 8.23. The van der Waals surface area contributed by atoms with Crippen LogP contribution in [0, 0.1) is 30.8 Å². The first-order valence-corrected chi connectivity index (χ1v) is 11.0. The molecule has 5 radical (unpaired) electrons. The van der Waals surface area contributed by atoms with E-state index in [1.807, 2.05) is 0 Å². The molecule has 1 aliphatic carbocycles. The van der Waals surface area contributed by atoms with Crippen LogP contribution in [0.1, 0.15) is 0 Å². The molecule has 1 fully saturated rings. The van der Waals surface area contributed by atoms with Crippen molar-refractivity contribution in [2.75, 3.05) is 27.7 Å². The van der Waals surface area contributed by atoms with Crippen molar-refractivity contribution < 1.29 is 4.48 Å². The summed E-state index contributed by atoms with van der Waals surface area (Å²) in [7, 11) is 6.68. The summed E-state index contributed by atoms with van der Waals surface area (Å²) in [5.74, 6) is 1.37. The minimum atomic E-state index is -2.03. The van der Waals surface area contributed by atoms with E-state index in [4.69, 9.17) is 11.8 Å². The van der Waals surface area contributed by atoms with Crippen LogP contribution in [0.2, 0.25) is 0 Å². The highest BCUT2D eigenvalue weighted by atomic mass is 32.4. The van der Waals surface area contributed by atoms with Gasteiger partial charge < -0.3 is 4.48 Å². The second-order valence-electron chi connectivity index (χ2n) is 7.17. The van der Waals surface area contributed by atoms with Crippen LogP contribution in [-0.2, 0) is 11.8 Å². The van der Waals surface area contributed by atoms with Gasteiger partial charge in [0.05, 0.1) is 27.7 Å². The third-order valence-electron chi connectivity index (χ3n) is 4.10. The molecule has 2 aromatic rings. The van der Waals surface area contributed by atoms with Gasteiger partial charge in [-0.2, -0.15) is 0 Å². The molecule has 123 valence electrons. The van der Waals surface area contributed by atoms with Gasteiger partial charge in [0.1, 0.15) is 0 Å². The third-order valence-corrected chi connectivity index (χ3v) is 9.12. The SMILES string of the molecule is C[N+](C)(C)C[C]1[CH][CH][CH][C]1P(=S)(c1ccccc1)c1ccccc1. The van der Waals surface area contributed by atoms with Crippen molar-refractivity contribution in [1.82, 2.24) is 0 Å². The lowest BCUT2D eigenvalue weighted by Crippen LogP contribution is -2.40. The Morgan fingerprint density at radius 3 is 1.75 bits per heavy atom. The molecule has 24 heavy (non-hydrogen) atoms. The number of nitrogens with zero attached hydrogens (tertiary/aromatic N) is 1. The van der Waals surface area contributed by atoms with E-state index in [1.54, 1.807) is 0 Å². The fourth-order valence-electron chi connectivity index (χ4n) is 3.10. The Balaban J connectivity index is 2.07. The van der Waals surface area contributed by atoms with Crippen LogP contribution in [0.15, 0.2) is 60.7 Å². The van der Waals surface area contributed by atoms with E-state index in [0.29, 0.717) is 0 Å². The largest absolute Gasteiger partial charge is 0.330 e. The molecule has 0 spiro atoms. The van der Waals surface area contributed by atoms with E-state index < -0.39 is 6.04 Å². The second kappa shape index (κ2) is 7.12. The summed E-state index contributed by atoms with van der Waals surface area (Å²) in [4.78, 5) is 0. The van der Waals surface area contributed by atoms with Crippen LogP contribution in [0.25, 0.3) is 0 Å². The van der Waals surface area contributed by atoms with Gasteiger partial charge >= 0.3 is 0 Å². The molecule has 3 heteroatoms. The molecule has 0 amide bonds. The maximum Gasteiger partial charge on any atom is 0.0858 e. The third kappa shape index (κ3) is 3.67. The van der Waals surface area contributed by atoms with Gasteiger partial charge in [-0.3, -0.25) is 0 Å². The first kappa shape index (κ1) is 17.9. The highest BCUT2D eigenvalue weighted by Gasteiger charge is 2.43. The molecule has 0 N–H and O–H groups in total. The first-order chi connectivity index (χ1) is 11.4. The monoisotopic (exact) mass is 353 g/mol. The minimum Gasteiger partial charge on any atom is -0.330 e. The Morgan fingerprint density at radius 1 is 0.792 bits per heavy atom. The van der Waals surface area contributed by atoms with Gasteiger partial charge in [-0.1, -0.05) is 72.5 Å². The quantitative estimate of drug-likeness (QED) is 0.585. The van der Waals surface area contributed by atoms with Crippen molar-refractivity contribution in [3.05, 3.63) is 91.5 Å². The molecule has 0 saturated heterocycles. The maximum atomic E-state index is 6.44. The Morgan fingerprint density at radius 2 is 1.29 bits per heavy atom. The molecule has 1 saturated carbocycles. The van der Waals surface area contributed by atoms with E-state index in [0.717, 1.165) is 11.0 Å². The molecule has 1 aliphatic rings. The average molecular weight is 353 g/mol. The van der Waals surface area contributed by atoms with Gasteiger partial charge in [-0.25, -0.2) is 0 Å². The lowest BCUT2D eigenvalue weighted by Gasteiger charge is -2.35. The van der Waals surface area contributed by atoms with E-state index >= 15 is 0 Å². The molecular formula is C21H24NPS+. The predicted octanol–water partition coefficient (Wildman–Crippen LogP) is 3.56. The van der Waals surface area contributed by atoms with Crippen molar-refractivity contribution in [3.8, 4) is 0 Å². The number of hydrogen-bond acceptors (Lipinski definition) is 1. The number of quaternary nitrogens is 1. The Bertz CT molecular complexity index is 662. The molecule has 0 aliphatic heterocycles. The van der Waals surface area contributed by atoms with Crippen molar-refractivity contribution in [3.63, 3.8) is 0 Å². The first-order valence-electron chi connectivity index (χ1n) is 8.18. The lowest BCUT2D eigenvalue weighted by atomic mass is 10.1. The standard InChI is InChI=1S/C21H24NPS/c1-22(2,3)17-18-11-10-16-21(18)23(24,19-12-6-4-7-13-19)20-14-8-5-9-15-20/h4-16H,17H2,1-3H3/q+1. The molecule has 0 heterocycles. The molecular weight excluding hydrogens is 329 g/mol. The van der Waals surface area contributed by atoms with Crippen molar-refractivity contribution in [1.29, 1.82) is 0 Å². The summed E-state index contributed by atoms with van der Waals surface area (Å²) in [5.41, 5.74) is 1.34. The van der Waals surface area contributed by atoms with E-state index in [9.17, 15) is 0 Å². The molecule has 0 bridgehead atoms. The van der Waals surface area contributed by atoms with Gasteiger partial charge in [0.2, 0.25) is 0 Å². The zero-order chi connectivity index (χ0) is 17.2. The average Bonchev–Trinajstić information content (AvgIpc) is 3.02. The summed E-state index contributed by atoms with van der Waals surface area (Å²) in [6.07, 6.45) is 6.64. The van der Waals surface area contributed by atoms with Crippen molar-refractivity contribution >= 4 is 28.5 Å². The topological polar surface area (TPSA) is 0 Å². The molecule has 0 unspecified atom stereocenters. The lowest BCUT2D eigenvalue weighted by molar-refractivity contribution is -0.867. The van der Waals surface area contributed by atoms with Gasteiger partial charge in [0.25, 0.3) is 0 Å². The fourth-order valence-corrected chi connectivity index (χ4v) is 7.25. The van der Waals surface area contributed by atoms with E-state index in [2.05, 4.69) is 101 Å². The summed E-state index contributed by atoms with van der Waals surface area (Å²) in [6, 6.07) is 19.3. The molecule has 3 rings (SSSR count). The zero-order valence-corrected chi connectivity index (χ0v) is 16.2. The van der Waals surface area contributed by atoms with Crippen LogP contribution in [0.3, 0.4) is 0 Å². The number of hydrogen-bond donors (Lipinski definition) is 0. The minimum absolute atomic E-state index is 0.899. The molecule has 1 nitrogen and oxygen atoms in total. The van der Waals surface area contributed by atoms with Gasteiger partial charge in [0.15, 0.2) is 0 Å². The second-order valence-corrected chi connectivity index (χ2v) is 11.5. The van der Waals surface area contributed by atoms with Crippen LogP contribution < -0.4 is 10.6 Å². The van der Waals surface area contributed by atoms with Crippen molar-refractivity contribution in [2.24, 2.45) is 0 Å². The zero-order valence-electron chi connectivity index (χ0n) is 14.5. The fraction of sp³-hybridized carbons (Fsp3) is 0.190. The summed E-state index contributed by atoms with van der Waals surface area (Å²) >= 11 is 6.44. The van der Waals surface area contributed by atoms with E-state index in [1.165, 1.54) is 22.2 Å². The van der Waals surface area contributed by atoms with Crippen LogP contribution in [-0.4, -0.2) is 32.2 Å². The Hall–Kier alpha value is -0.950. The molecule has 0 atom stereocenters. The van der Waals surface area contributed by atoms with Crippen LogP contribution in [0.5, 0.6) is 0 Å². The van der Waals surface area contributed by atoms with Gasteiger partial charge in [-0.15, -0.1) is 0 Å². The van der Waals surface area contributed by atoms with Crippen LogP contribution >= 0.6 is 6.04 Å². The van der Waals surface area contributed by atoms with Crippen molar-refractivity contribution in [2.45, 2.75) is 0 Å². The van der Waals surface area contributed by atoms with Gasteiger partial charge in [-0.05, 0) is 29.9 Å². The summed E-state index contributed by atoms with van der Waals surface area (Å²) in [5, 5.41) is 2.53. The number of rotatable bonds is 5. The summed E-state index contributed by atoms with van der Waals surface area (Å²) in [6.45, 7) is 0.986. The Labute approximate surface area is 152 Å². The smallest absolute Gasteiger partial charge is 0.0858 e. The maximum absolute atomic E-state index is 6.44. The van der Waals surface area contributed by atoms with E-state index in [-0.39, 0.29) is 0 Å². The van der Waals surface area contributed by atoms with Gasteiger partial charge in [0, 0.05) is 17.6 Å². The van der Waals surface area contributed by atoms with Crippen LogP contribution in [0.4, 0.5) is 0 Å². The predicted molar refractivity (Wildman–Crippen MR) is 109 cm³/mol. The molecule has 0 aromatic heterocycles. The Kier molecular flexibility index (Phi) is 5.30. The normalized spacial score (nSPS) is 17.3. The molecule has 2 aromatic carbocycles. The summed E-state index contributed by atoms with van der Waals surface area (Å²) < 4.78 is 0.899.